The Kier molecular flexibility index (Phi) is 6.20. The van der Waals surface area contributed by atoms with Crippen LogP contribution in [0.5, 0.6) is 0 Å². The Morgan fingerprint density at radius 2 is 2.05 bits per heavy atom. The summed E-state index contributed by atoms with van der Waals surface area (Å²) in [6.07, 6.45) is -1.59. The summed E-state index contributed by atoms with van der Waals surface area (Å²) < 4.78 is 11.0. The largest absolute Gasteiger partial charge is 0.390 e. The molecule has 1 aliphatic rings. The lowest BCUT2D eigenvalue weighted by atomic mass is 10.00. The highest BCUT2D eigenvalue weighted by atomic mass is 16.7. The van der Waals surface area contributed by atoms with Crippen molar-refractivity contribution >= 4 is 11.8 Å². The number of aliphatic hydroxyl groups excluding tert-OH is 1. The zero-order valence-corrected chi connectivity index (χ0v) is 11.5. The van der Waals surface area contributed by atoms with Crippen LogP contribution in [0.15, 0.2) is 0 Å². The lowest BCUT2D eigenvalue weighted by Crippen LogP contribution is -2.57. The number of carbonyl (C=O) groups excluding carboxylic acids is 2. The monoisotopic (exact) mass is 274 g/mol. The molecule has 1 saturated heterocycles. The van der Waals surface area contributed by atoms with Crippen molar-refractivity contribution < 1.29 is 24.2 Å². The minimum absolute atomic E-state index is 0.187. The molecule has 1 rings (SSSR count). The molecule has 0 saturated carbocycles. The van der Waals surface area contributed by atoms with Gasteiger partial charge in [-0.2, -0.15) is 0 Å². The van der Waals surface area contributed by atoms with E-state index in [4.69, 9.17) is 9.47 Å². The summed E-state index contributed by atoms with van der Waals surface area (Å²) in [6.45, 7) is 5.27. The maximum absolute atomic E-state index is 11.1. The van der Waals surface area contributed by atoms with E-state index in [1.807, 2.05) is 6.92 Å². The molecule has 1 fully saturated rings. The summed E-state index contributed by atoms with van der Waals surface area (Å²) in [4.78, 5) is 22.0. The van der Waals surface area contributed by atoms with Gasteiger partial charge in [-0.3, -0.25) is 9.59 Å². The molecule has 7 heteroatoms. The first-order valence-electron chi connectivity index (χ1n) is 6.40. The van der Waals surface area contributed by atoms with Crippen LogP contribution < -0.4 is 10.6 Å². The molecule has 0 spiro atoms. The third kappa shape index (κ3) is 5.14. The Balaban J connectivity index is 2.61. The maximum atomic E-state index is 11.1. The molecule has 0 bridgehead atoms. The lowest BCUT2D eigenvalue weighted by molar-refractivity contribution is -0.231. The minimum atomic E-state index is -0.764. The normalized spacial score (nSPS) is 30.7. The first kappa shape index (κ1) is 15.9. The maximum Gasteiger partial charge on any atom is 0.217 e. The Hall–Kier alpha value is -1.18. The lowest BCUT2D eigenvalue weighted by Gasteiger charge is -2.39. The average molecular weight is 274 g/mol. The van der Waals surface area contributed by atoms with Gasteiger partial charge in [-0.15, -0.1) is 0 Å². The van der Waals surface area contributed by atoms with E-state index >= 15 is 0 Å². The SMILES string of the molecule is CCO[C@H]1O[C@H](CNC(C)=O)[C@@H](O)C[C@H]1NC(C)=O. The Labute approximate surface area is 112 Å². The van der Waals surface area contributed by atoms with Gasteiger partial charge < -0.3 is 25.2 Å². The summed E-state index contributed by atoms with van der Waals surface area (Å²) in [5.74, 6) is -0.390. The number of hydrogen-bond donors (Lipinski definition) is 3. The van der Waals surface area contributed by atoms with Gasteiger partial charge in [-0.05, 0) is 6.92 Å². The molecule has 4 atom stereocenters. The standard InChI is InChI=1S/C12H22N2O5/c1-4-18-12-9(14-8(3)16)5-10(17)11(19-12)6-13-7(2)15/h9-12,17H,4-6H2,1-3H3,(H,13,15)(H,14,16)/t9-,10+,11-,12+/m1/s1. The molecule has 2 amide bonds. The Bertz CT molecular complexity index is 323. The highest BCUT2D eigenvalue weighted by molar-refractivity contribution is 5.73. The molecule has 0 aromatic rings. The van der Waals surface area contributed by atoms with Gasteiger partial charge in [0, 0.05) is 33.4 Å². The molecule has 7 nitrogen and oxygen atoms in total. The Morgan fingerprint density at radius 3 is 2.58 bits per heavy atom. The van der Waals surface area contributed by atoms with Gasteiger partial charge in [-0.1, -0.05) is 0 Å². The van der Waals surface area contributed by atoms with Crippen LogP contribution in [0.3, 0.4) is 0 Å². The van der Waals surface area contributed by atoms with Crippen LogP contribution >= 0.6 is 0 Å². The molecule has 0 unspecified atom stereocenters. The van der Waals surface area contributed by atoms with Gasteiger partial charge in [0.15, 0.2) is 6.29 Å². The zero-order valence-electron chi connectivity index (χ0n) is 11.5. The zero-order chi connectivity index (χ0) is 14.4. The number of rotatable bonds is 5. The second-order valence-corrected chi connectivity index (χ2v) is 4.55. The van der Waals surface area contributed by atoms with E-state index in [-0.39, 0.29) is 24.4 Å². The second-order valence-electron chi connectivity index (χ2n) is 4.55. The fourth-order valence-electron chi connectivity index (χ4n) is 2.02. The summed E-state index contributed by atoms with van der Waals surface area (Å²) in [5.41, 5.74) is 0. The van der Waals surface area contributed by atoms with Crippen molar-refractivity contribution in [3.05, 3.63) is 0 Å². The van der Waals surface area contributed by atoms with Crippen LogP contribution in [0, 0.1) is 0 Å². The summed E-state index contributed by atoms with van der Waals surface area (Å²) in [5, 5.41) is 15.3. The fourth-order valence-corrected chi connectivity index (χ4v) is 2.02. The molecule has 1 heterocycles. The highest BCUT2D eigenvalue weighted by Crippen LogP contribution is 2.21. The number of ether oxygens (including phenoxy) is 2. The fraction of sp³-hybridized carbons (Fsp3) is 0.833. The quantitative estimate of drug-likeness (QED) is 0.606. The number of amides is 2. The van der Waals surface area contributed by atoms with Gasteiger partial charge >= 0.3 is 0 Å². The summed E-state index contributed by atoms with van der Waals surface area (Å²) in [7, 11) is 0. The molecule has 0 radical (unpaired) electrons. The first-order chi connectivity index (χ1) is 8.93. The van der Waals surface area contributed by atoms with Gasteiger partial charge in [0.25, 0.3) is 0 Å². The molecule has 0 aliphatic carbocycles. The number of aliphatic hydroxyl groups is 1. The topological polar surface area (TPSA) is 96.9 Å². The molecule has 3 N–H and O–H groups in total. The van der Waals surface area contributed by atoms with E-state index in [2.05, 4.69) is 10.6 Å². The van der Waals surface area contributed by atoms with E-state index in [0.29, 0.717) is 13.0 Å². The average Bonchev–Trinajstić information content (AvgIpc) is 2.30. The third-order valence-electron chi connectivity index (χ3n) is 2.83. The van der Waals surface area contributed by atoms with E-state index in [9.17, 15) is 14.7 Å². The molecule has 110 valence electrons. The van der Waals surface area contributed by atoms with Crippen LogP contribution in [-0.2, 0) is 19.1 Å². The van der Waals surface area contributed by atoms with Crippen molar-refractivity contribution in [3.8, 4) is 0 Å². The first-order valence-corrected chi connectivity index (χ1v) is 6.40. The van der Waals surface area contributed by atoms with Crippen molar-refractivity contribution in [2.75, 3.05) is 13.2 Å². The van der Waals surface area contributed by atoms with Gasteiger partial charge in [-0.25, -0.2) is 0 Å². The van der Waals surface area contributed by atoms with Crippen LogP contribution in [0.2, 0.25) is 0 Å². The third-order valence-corrected chi connectivity index (χ3v) is 2.83. The summed E-state index contributed by atoms with van der Waals surface area (Å²) in [6, 6.07) is -0.388. The van der Waals surface area contributed by atoms with Crippen LogP contribution in [-0.4, -0.2) is 54.6 Å². The molecule has 0 aromatic heterocycles. The molecule has 1 aliphatic heterocycles. The Morgan fingerprint density at radius 1 is 1.37 bits per heavy atom. The van der Waals surface area contributed by atoms with Crippen molar-refractivity contribution in [1.29, 1.82) is 0 Å². The van der Waals surface area contributed by atoms with E-state index in [0.717, 1.165) is 0 Å². The summed E-state index contributed by atoms with van der Waals surface area (Å²) >= 11 is 0. The highest BCUT2D eigenvalue weighted by Gasteiger charge is 2.38. The van der Waals surface area contributed by atoms with Crippen LogP contribution in [0.25, 0.3) is 0 Å². The smallest absolute Gasteiger partial charge is 0.217 e. The second kappa shape index (κ2) is 7.42. The van der Waals surface area contributed by atoms with Crippen molar-refractivity contribution in [2.45, 2.75) is 51.7 Å². The van der Waals surface area contributed by atoms with Crippen LogP contribution in [0.4, 0.5) is 0 Å². The minimum Gasteiger partial charge on any atom is -0.390 e. The molecule has 0 aromatic carbocycles. The number of carbonyl (C=O) groups is 2. The van der Waals surface area contributed by atoms with Crippen molar-refractivity contribution in [2.24, 2.45) is 0 Å². The van der Waals surface area contributed by atoms with Gasteiger partial charge in [0.05, 0.1) is 12.1 Å². The van der Waals surface area contributed by atoms with Crippen LogP contribution in [0.1, 0.15) is 27.2 Å². The van der Waals surface area contributed by atoms with E-state index in [1.165, 1.54) is 13.8 Å². The molecular weight excluding hydrogens is 252 g/mol. The van der Waals surface area contributed by atoms with Gasteiger partial charge in [0.2, 0.25) is 11.8 Å². The molecule has 19 heavy (non-hydrogen) atoms. The van der Waals surface area contributed by atoms with E-state index in [1.54, 1.807) is 0 Å². The predicted octanol–water partition coefficient (Wildman–Crippen LogP) is -0.860. The van der Waals surface area contributed by atoms with Crippen molar-refractivity contribution in [1.82, 2.24) is 10.6 Å². The van der Waals surface area contributed by atoms with Crippen molar-refractivity contribution in [3.63, 3.8) is 0 Å². The number of hydrogen-bond acceptors (Lipinski definition) is 5. The van der Waals surface area contributed by atoms with Gasteiger partial charge in [0.1, 0.15) is 6.10 Å². The predicted molar refractivity (Wildman–Crippen MR) is 67.2 cm³/mol. The number of nitrogens with one attached hydrogen (secondary N) is 2. The molecular formula is C12H22N2O5. The van der Waals surface area contributed by atoms with E-state index < -0.39 is 18.5 Å².